The molecule has 28 heavy (non-hydrogen) atoms. The van der Waals surface area contributed by atoms with Crippen molar-refractivity contribution in [1.29, 1.82) is 0 Å². The Bertz CT molecular complexity index is 781. The first kappa shape index (κ1) is 20.1. The van der Waals surface area contributed by atoms with Crippen LogP contribution in [-0.4, -0.2) is 27.4 Å². The molecule has 0 N–H and O–H groups in total. The van der Waals surface area contributed by atoms with Crippen LogP contribution in [0, 0.1) is 23.7 Å². The van der Waals surface area contributed by atoms with Gasteiger partial charge in [0, 0.05) is 22.1 Å². The average Bonchev–Trinajstić information content (AvgIpc) is 3.27. The van der Waals surface area contributed by atoms with Crippen LogP contribution in [0.25, 0.3) is 0 Å². The van der Waals surface area contributed by atoms with E-state index in [0.29, 0.717) is 17.9 Å². The molecule has 3 fully saturated rings. The molecule has 2 bridgehead atoms. The summed E-state index contributed by atoms with van der Waals surface area (Å²) in [5, 5.41) is 0. The number of halogens is 2. The number of alkyl halides is 2. The zero-order valence-corrected chi connectivity index (χ0v) is 18.8. The fraction of sp³-hybridized carbons (Fsp3) is 0.571. The molecule has 5 nitrogen and oxygen atoms in total. The number of rotatable bonds is 6. The molecule has 1 heterocycles. The minimum absolute atomic E-state index is 0.127. The minimum Gasteiger partial charge on any atom is -0.426 e. The first-order valence-corrected chi connectivity index (χ1v) is 11.7. The second-order valence-corrected chi connectivity index (χ2v) is 10.1. The van der Waals surface area contributed by atoms with Gasteiger partial charge in [-0.1, -0.05) is 57.7 Å². The quantitative estimate of drug-likeness (QED) is 0.186. The number of hydrogen-bond donors (Lipinski definition) is 0. The van der Waals surface area contributed by atoms with Gasteiger partial charge in [-0.25, -0.2) is 4.90 Å². The molecule has 0 radical (unpaired) electrons. The molecule has 150 valence electrons. The molecule has 1 aromatic carbocycles. The fourth-order valence-corrected chi connectivity index (χ4v) is 6.86. The fourth-order valence-electron chi connectivity index (χ4n) is 4.99. The van der Waals surface area contributed by atoms with Gasteiger partial charge in [-0.2, -0.15) is 0 Å². The van der Waals surface area contributed by atoms with E-state index in [1.807, 2.05) is 0 Å². The molecule has 2 saturated carbocycles. The standard InChI is InChI=1S/C21H23Br2NO4/c1-2-3-4-8-15(25)28-12-7-5-6-11(9-12)24-20(26)16-13-10-14(17(16)21(24)27)19(23)18(13)22/h5-7,9,13-14,16-19H,2-4,8,10H2,1H3/t13-,14+,16-,17-,18-,19+/m0/s1. The number of unbranched alkanes of at least 4 members (excludes halogenated alkanes) is 2. The van der Waals surface area contributed by atoms with Crippen LogP contribution in [0.3, 0.4) is 0 Å². The Labute approximate surface area is 181 Å². The van der Waals surface area contributed by atoms with Crippen LogP contribution in [0.15, 0.2) is 24.3 Å². The first-order valence-electron chi connectivity index (χ1n) is 9.90. The third-order valence-corrected chi connectivity index (χ3v) is 9.49. The van der Waals surface area contributed by atoms with Gasteiger partial charge in [0.05, 0.1) is 17.5 Å². The summed E-state index contributed by atoms with van der Waals surface area (Å²) in [4.78, 5) is 39.9. The van der Waals surface area contributed by atoms with E-state index in [2.05, 4.69) is 38.8 Å². The molecular formula is C21H23Br2NO4. The van der Waals surface area contributed by atoms with Crippen molar-refractivity contribution in [3.8, 4) is 5.75 Å². The number of ether oxygens (including phenoxy) is 1. The number of fused-ring (bicyclic) bond motifs is 5. The normalized spacial score (nSPS) is 33.5. The van der Waals surface area contributed by atoms with Gasteiger partial charge in [-0.15, -0.1) is 0 Å². The van der Waals surface area contributed by atoms with E-state index in [1.54, 1.807) is 24.3 Å². The summed E-state index contributed by atoms with van der Waals surface area (Å²) >= 11 is 7.40. The van der Waals surface area contributed by atoms with Crippen molar-refractivity contribution in [3.05, 3.63) is 24.3 Å². The highest BCUT2D eigenvalue weighted by molar-refractivity contribution is 9.12. The number of carbonyl (C=O) groups excluding carboxylic acids is 3. The van der Waals surface area contributed by atoms with Crippen LogP contribution in [0.4, 0.5) is 5.69 Å². The Kier molecular flexibility index (Phi) is 5.67. The van der Waals surface area contributed by atoms with E-state index in [0.717, 1.165) is 25.7 Å². The monoisotopic (exact) mass is 511 g/mol. The Hall–Kier alpha value is -1.21. The zero-order valence-electron chi connectivity index (χ0n) is 15.6. The van der Waals surface area contributed by atoms with E-state index in [4.69, 9.17) is 4.74 Å². The number of anilines is 1. The lowest BCUT2D eigenvalue weighted by Gasteiger charge is -2.28. The van der Waals surface area contributed by atoms with E-state index in [9.17, 15) is 14.4 Å². The second-order valence-electron chi connectivity index (χ2n) is 7.94. The Morgan fingerprint density at radius 3 is 2.36 bits per heavy atom. The molecule has 1 aliphatic heterocycles. The summed E-state index contributed by atoms with van der Waals surface area (Å²) in [6.07, 6.45) is 4.09. The molecule has 1 aromatic rings. The third-order valence-electron chi connectivity index (χ3n) is 6.28. The Morgan fingerprint density at radius 1 is 1.11 bits per heavy atom. The summed E-state index contributed by atoms with van der Waals surface area (Å²) in [5.41, 5.74) is 0.486. The number of esters is 1. The van der Waals surface area contributed by atoms with Gasteiger partial charge < -0.3 is 4.74 Å². The van der Waals surface area contributed by atoms with E-state index in [1.165, 1.54) is 4.90 Å². The molecule has 3 aliphatic rings. The average molecular weight is 513 g/mol. The summed E-state index contributed by atoms with van der Waals surface area (Å²) in [7, 11) is 0. The van der Waals surface area contributed by atoms with Crippen molar-refractivity contribution in [2.45, 2.75) is 48.7 Å². The minimum atomic E-state index is -0.288. The molecular weight excluding hydrogens is 490 g/mol. The van der Waals surface area contributed by atoms with E-state index < -0.39 is 0 Å². The number of imide groups is 1. The van der Waals surface area contributed by atoms with Gasteiger partial charge in [-0.3, -0.25) is 14.4 Å². The number of nitrogens with zero attached hydrogens (tertiary/aromatic N) is 1. The van der Waals surface area contributed by atoms with Crippen LogP contribution in [0.5, 0.6) is 5.75 Å². The van der Waals surface area contributed by atoms with Crippen molar-refractivity contribution in [2.75, 3.05) is 4.90 Å². The van der Waals surface area contributed by atoms with Crippen LogP contribution < -0.4 is 9.64 Å². The molecule has 2 amide bonds. The predicted molar refractivity (Wildman–Crippen MR) is 113 cm³/mol. The lowest BCUT2D eigenvalue weighted by molar-refractivity contribution is -0.134. The number of benzene rings is 1. The highest BCUT2D eigenvalue weighted by Gasteiger charge is 2.66. The van der Waals surface area contributed by atoms with Crippen LogP contribution >= 0.6 is 31.9 Å². The topological polar surface area (TPSA) is 63.7 Å². The highest BCUT2D eigenvalue weighted by Crippen LogP contribution is 2.60. The second kappa shape index (κ2) is 7.90. The molecule has 4 rings (SSSR count). The largest absolute Gasteiger partial charge is 0.426 e. The first-order chi connectivity index (χ1) is 13.4. The molecule has 2 aliphatic carbocycles. The van der Waals surface area contributed by atoms with E-state index >= 15 is 0 Å². The van der Waals surface area contributed by atoms with Crippen LogP contribution in [-0.2, 0) is 14.4 Å². The Balaban J connectivity index is 1.52. The van der Waals surface area contributed by atoms with Gasteiger partial charge in [0.1, 0.15) is 5.75 Å². The zero-order chi connectivity index (χ0) is 20.0. The molecule has 0 spiro atoms. The van der Waals surface area contributed by atoms with Crippen molar-refractivity contribution in [1.82, 2.24) is 0 Å². The maximum atomic E-state index is 13.1. The molecule has 1 saturated heterocycles. The lowest BCUT2D eigenvalue weighted by Crippen LogP contribution is -2.37. The van der Waals surface area contributed by atoms with Gasteiger partial charge in [0.15, 0.2) is 0 Å². The summed E-state index contributed by atoms with van der Waals surface area (Å²) in [6.45, 7) is 2.08. The van der Waals surface area contributed by atoms with Crippen molar-refractivity contribution in [3.63, 3.8) is 0 Å². The molecule has 6 atom stereocenters. The highest BCUT2D eigenvalue weighted by atomic mass is 79.9. The smallest absolute Gasteiger partial charge is 0.311 e. The summed E-state index contributed by atoms with van der Waals surface area (Å²) < 4.78 is 5.41. The van der Waals surface area contributed by atoms with Crippen molar-refractivity contribution >= 4 is 55.3 Å². The van der Waals surface area contributed by atoms with E-state index in [-0.39, 0.29) is 51.1 Å². The van der Waals surface area contributed by atoms with Crippen LogP contribution in [0.1, 0.15) is 39.0 Å². The number of amides is 2. The van der Waals surface area contributed by atoms with Gasteiger partial charge in [0.25, 0.3) is 0 Å². The summed E-state index contributed by atoms with van der Waals surface area (Å²) in [6, 6.07) is 6.74. The lowest BCUT2D eigenvalue weighted by atomic mass is 9.81. The van der Waals surface area contributed by atoms with Gasteiger partial charge in [0.2, 0.25) is 11.8 Å². The summed E-state index contributed by atoms with van der Waals surface area (Å²) in [5.74, 6) is -0.316. The maximum absolute atomic E-state index is 13.1. The van der Waals surface area contributed by atoms with Crippen molar-refractivity contribution in [2.24, 2.45) is 23.7 Å². The van der Waals surface area contributed by atoms with Gasteiger partial charge in [-0.05, 0) is 36.8 Å². The predicted octanol–water partition coefficient (Wildman–Crippen LogP) is 4.45. The third kappa shape index (κ3) is 3.24. The van der Waals surface area contributed by atoms with Crippen LogP contribution in [0.2, 0.25) is 0 Å². The number of carbonyl (C=O) groups is 3. The SMILES string of the molecule is CCCCCC(=O)Oc1cccc(N2C(=O)[C@H]3[C@@H]4C[C@@H]([C@@H](Br)[C@H]4Br)[C@@H]3C2=O)c1. The number of hydrogen-bond acceptors (Lipinski definition) is 4. The van der Waals surface area contributed by atoms with Gasteiger partial charge >= 0.3 is 5.97 Å². The molecule has 0 unspecified atom stereocenters. The Morgan fingerprint density at radius 2 is 1.75 bits per heavy atom. The van der Waals surface area contributed by atoms with Crippen molar-refractivity contribution < 1.29 is 19.1 Å². The maximum Gasteiger partial charge on any atom is 0.311 e. The molecule has 7 heteroatoms. The molecule has 0 aromatic heterocycles.